The van der Waals surface area contributed by atoms with Crippen LogP contribution in [0.3, 0.4) is 0 Å². The van der Waals surface area contributed by atoms with Gasteiger partial charge in [0.2, 0.25) is 0 Å². The molecule has 86 valence electrons. The Labute approximate surface area is 101 Å². The lowest BCUT2D eigenvalue weighted by molar-refractivity contribution is 0.112. The van der Waals surface area contributed by atoms with Gasteiger partial charge in [0.1, 0.15) is 18.6 Å². The van der Waals surface area contributed by atoms with E-state index in [1.807, 2.05) is 43.3 Å². The molecule has 0 atom stereocenters. The summed E-state index contributed by atoms with van der Waals surface area (Å²) in [6.45, 7) is 2.49. The molecule has 0 aliphatic rings. The minimum atomic E-state index is 0.518. The van der Waals surface area contributed by atoms with E-state index in [1.54, 1.807) is 12.1 Å². The quantitative estimate of drug-likeness (QED) is 0.747. The maximum absolute atomic E-state index is 10.7. The van der Waals surface area contributed by atoms with Gasteiger partial charge >= 0.3 is 0 Å². The van der Waals surface area contributed by atoms with Gasteiger partial charge in [0, 0.05) is 5.56 Å². The molecule has 0 N–H and O–H groups in total. The highest BCUT2D eigenvalue weighted by atomic mass is 16.5. The van der Waals surface area contributed by atoms with E-state index in [-0.39, 0.29) is 0 Å². The third-order valence-electron chi connectivity index (χ3n) is 2.59. The summed E-state index contributed by atoms with van der Waals surface area (Å²) >= 11 is 0. The maximum Gasteiger partial charge on any atom is 0.150 e. The molecule has 0 unspecified atom stereocenters. The van der Waals surface area contributed by atoms with E-state index in [1.165, 1.54) is 0 Å². The van der Waals surface area contributed by atoms with Crippen LogP contribution in [0, 0.1) is 6.92 Å². The fraction of sp³-hybridized carbons (Fsp3) is 0.133. The van der Waals surface area contributed by atoms with Crippen molar-refractivity contribution < 1.29 is 9.53 Å². The first-order valence-electron chi connectivity index (χ1n) is 5.52. The summed E-state index contributed by atoms with van der Waals surface area (Å²) in [4.78, 5) is 10.7. The van der Waals surface area contributed by atoms with Crippen LogP contribution < -0.4 is 4.74 Å². The van der Waals surface area contributed by atoms with Crippen molar-refractivity contribution in [3.05, 3.63) is 65.2 Å². The summed E-state index contributed by atoms with van der Waals surface area (Å²) in [6, 6.07) is 15.4. The smallest absolute Gasteiger partial charge is 0.150 e. The van der Waals surface area contributed by atoms with Crippen molar-refractivity contribution in [1.29, 1.82) is 0 Å². The van der Waals surface area contributed by atoms with Crippen LogP contribution in [0.15, 0.2) is 48.5 Å². The SMILES string of the molecule is Cc1ccc(C=O)cc1OCc1ccccc1. The molecule has 2 aromatic carbocycles. The highest BCUT2D eigenvalue weighted by Crippen LogP contribution is 2.20. The standard InChI is InChI=1S/C15H14O2/c1-12-7-8-14(10-16)9-15(12)17-11-13-5-3-2-4-6-13/h2-10H,11H2,1H3. The summed E-state index contributed by atoms with van der Waals surface area (Å²) in [6.07, 6.45) is 0.828. The summed E-state index contributed by atoms with van der Waals surface area (Å²) in [5.41, 5.74) is 2.79. The van der Waals surface area contributed by atoms with Crippen LogP contribution in [0.25, 0.3) is 0 Å². The molecule has 2 aromatic rings. The van der Waals surface area contributed by atoms with Crippen LogP contribution in [-0.4, -0.2) is 6.29 Å². The van der Waals surface area contributed by atoms with Gasteiger partial charge in [0.15, 0.2) is 0 Å². The molecule has 0 radical (unpaired) electrons. The third-order valence-corrected chi connectivity index (χ3v) is 2.59. The Balaban J connectivity index is 2.11. The van der Waals surface area contributed by atoms with Gasteiger partial charge in [-0.1, -0.05) is 42.5 Å². The van der Waals surface area contributed by atoms with Gasteiger partial charge < -0.3 is 4.74 Å². The van der Waals surface area contributed by atoms with E-state index in [9.17, 15) is 4.79 Å². The van der Waals surface area contributed by atoms with Gasteiger partial charge in [-0.3, -0.25) is 4.79 Å². The Bertz CT molecular complexity index is 504. The summed E-state index contributed by atoms with van der Waals surface area (Å²) < 4.78 is 5.71. The molecule has 2 rings (SSSR count). The predicted octanol–water partition coefficient (Wildman–Crippen LogP) is 3.39. The molecule has 0 spiro atoms. The van der Waals surface area contributed by atoms with Gasteiger partial charge in [-0.15, -0.1) is 0 Å². The zero-order valence-corrected chi connectivity index (χ0v) is 9.72. The minimum absolute atomic E-state index is 0.518. The first kappa shape index (κ1) is 11.4. The summed E-state index contributed by atoms with van der Waals surface area (Å²) in [5, 5.41) is 0. The van der Waals surface area contributed by atoms with Gasteiger partial charge in [0.05, 0.1) is 0 Å². The minimum Gasteiger partial charge on any atom is -0.489 e. The fourth-order valence-corrected chi connectivity index (χ4v) is 1.58. The number of hydrogen-bond donors (Lipinski definition) is 0. The van der Waals surface area contributed by atoms with Gasteiger partial charge in [-0.25, -0.2) is 0 Å². The monoisotopic (exact) mass is 226 g/mol. The molecule has 0 saturated heterocycles. The number of carbonyl (C=O) groups excluding carboxylic acids is 1. The van der Waals surface area contributed by atoms with Crippen molar-refractivity contribution in [3.8, 4) is 5.75 Å². The van der Waals surface area contributed by atoms with Crippen molar-refractivity contribution in [2.24, 2.45) is 0 Å². The predicted molar refractivity (Wildman–Crippen MR) is 67.3 cm³/mol. The van der Waals surface area contributed by atoms with Crippen molar-refractivity contribution in [1.82, 2.24) is 0 Å². The van der Waals surface area contributed by atoms with E-state index in [4.69, 9.17) is 4.74 Å². The van der Waals surface area contributed by atoms with Gasteiger partial charge in [-0.05, 0) is 24.1 Å². The lowest BCUT2D eigenvalue weighted by Gasteiger charge is -2.09. The Kier molecular flexibility index (Phi) is 3.55. The highest BCUT2D eigenvalue weighted by Gasteiger charge is 2.01. The number of rotatable bonds is 4. The Hall–Kier alpha value is -2.09. The lowest BCUT2D eigenvalue weighted by Crippen LogP contribution is -1.97. The molecule has 0 saturated carbocycles. The van der Waals surface area contributed by atoms with E-state index >= 15 is 0 Å². The molecule has 0 amide bonds. The van der Waals surface area contributed by atoms with Crippen molar-refractivity contribution in [3.63, 3.8) is 0 Å². The molecule has 17 heavy (non-hydrogen) atoms. The molecule has 0 aliphatic heterocycles. The molecule has 0 heterocycles. The maximum atomic E-state index is 10.7. The Morgan fingerprint density at radius 2 is 1.88 bits per heavy atom. The molecule has 0 fully saturated rings. The summed E-state index contributed by atoms with van der Waals surface area (Å²) in [5.74, 6) is 0.762. The first-order chi connectivity index (χ1) is 8.29. The van der Waals surface area contributed by atoms with Crippen LogP contribution in [0.2, 0.25) is 0 Å². The first-order valence-corrected chi connectivity index (χ1v) is 5.52. The van der Waals surface area contributed by atoms with E-state index in [0.29, 0.717) is 12.2 Å². The molecular weight excluding hydrogens is 212 g/mol. The number of benzene rings is 2. The number of hydrogen-bond acceptors (Lipinski definition) is 2. The zero-order valence-electron chi connectivity index (χ0n) is 9.72. The average molecular weight is 226 g/mol. The van der Waals surface area contributed by atoms with Crippen LogP contribution in [0.5, 0.6) is 5.75 Å². The topological polar surface area (TPSA) is 26.3 Å². The number of aldehydes is 1. The number of carbonyl (C=O) groups is 1. The highest BCUT2D eigenvalue weighted by molar-refractivity contribution is 5.75. The zero-order chi connectivity index (χ0) is 12.1. The second kappa shape index (κ2) is 5.30. The van der Waals surface area contributed by atoms with E-state index < -0.39 is 0 Å². The summed E-state index contributed by atoms with van der Waals surface area (Å²) in [7, 11) is 0. The van der Waals surface area contributed by atoms with Crippen molar-refractivity contribution in [2.75, 3.05) is 0 Å². The van der Waals surface area contributed by atoms with Gasteiger partial charge in [-0.2, -0.15) is 0 Å². The fourth-order valence-electron chi connectivity index (χ4n) is 1.58. The second-order valence-electron chi connectivity index (χ2n) is 3.92. The van der Waals surface area contributed by atoms with Crippen LogP contribution in [-0.2, 0) is 6.61 Å². The van der Waals surface area contributed by atoms with Crippen LogP contribution >= 0.6 is 0 Å². The Morgan fingerprint density at radius 1 is 1.12 bits per heavy atom. The largest absolute Gasteiger partial charge is 0.489 e. The van der Waals surface area contributed by atoms with Gasteiger partial charge in [0.25, 0.3) is 0 Å². The normalized spacial score (nSPS) is 9.94. The average Bonchev–Trinajstić information content (AvgIpc) is 2.39. The van der Waals surface area contributed by atoms with Crippen molar-refractivity contribution in [2.45, 2.75) is 13.5 Å². The molecule has 0 aromatic heterocycles. The van der Waals surface area contributed by atoms with E-state index in [2.05, 4.69) is 0 Å². The molecule has 2 heteroatoms. The molecule has 0 aliphatic carbocycles. The second-order valence-corrected chi connectivity index (χ2v) is 3.92. The van der Waals surface area contributed by atoms with Crippen molar-refractivity contribution >= 4 is 6.29 Å². The number of ether oxygens (including phenoxy) is 1. The van der Waals surface area contributed by atoms with Crippen LogP contribution in [0.1, 0.15) is 21.5 Å². The van der Waals surface area contributed by atoms with Crippen LogP contribution in [0.4, 0.5) is 0 Å². The third kappa shape index (κ3) is 2.94. The molecular formula is C15H14O2. The number of aryl methyl sites for hydroxylation is 1. The molecule has 0 bridgehead atoms. The Morgan fingerprint density at radius 3 is 2.59 bits per heavy atom. The van der Waals surface area contributed by atoms with E-state index in [0.717, 1.165) is 23.2 Å². The lowest BCUT2D eigenvalue weighted by atomic mass is 10.1. The molecule has 2 nitrogen and oxygen atoms in total.